The lowest BCUT2D eigenvalue weighted by atomic mass is 9.99. The Hall–Kier alpha value is -2.43. The lowest BCUT2D eigenvalue weighted by Crippen LogP contribution is -2.32. The molecular weight excluding hydrogens is 327 g/mol. The second kappa shape index (κ2) is 7.06. The van der Waals surface area contributed by atoms with Crippen molar-refractivity contribution in [2.24, 2.45) is 7.05 Å². The highest BCUT2D eigenvalue weighted by molar-refractivity contribution is 5.84. The van der Waals surface area contributed by atoms with Crippen molar-refractivity contribution in [1.82, 2.24) is 9.47 Å². The fraction of sp³-hybridized carbons (Fsp3) is 0.273. The van der Waals surface area contributed by atoms with Crippen LogP contribution in [0.1, 0.15) is 23.7 Å². The summed E-state index contributed by atoms with van der Waals surface area (Å²) in [5.41, 5.74) is 4.46. The van der Waals surface area contributed by atoms with Gasteiger partial charge in [0.1, 0.15) is 5.82 Å². The fourth-order valence-electron chi connectivity index (χ4n) is 3.78. The third-order valence-corrected chi connectivity index (χ3v) is 5.23. The minimum absolute atomic E-state index is 0.204. The average molecular weight is 350 g/mol. The Kier molecular flexibility index (Phi) is 4.62. The largest absolute Gasteiger partial charge is 0.387 e. The van der Waals surface area contributed by atoms with E-state index in [4.69, 9.17) is 0 Å². The molecule has 0 aliphatic carbocycles. The maximum absolute atomic E-state index is 13.1. The summed E-state index contributed by atoms with van der Waals surface area (Å²) in [5.74, 6) is -0.204. The molecule has 0 saturated heterocycles. The van der Waals surface area contributed by atoms with Crippen LogP contribution in [0.25, 0.3) is 16.5 Å². The van der Waals surface area contributed by atoms with Gasteiger partial charge in [0.2, 0.25) is 0 Å². The monoisotopic (exact) mass is 350 g/mol. The van der Waals surface area contributed by atoms with Gasteiger partial charge in [-0.05, 0) is 35.8 Å². The lowest BCUT2D eigenvalue weighted by Gasteiger charge is -2.28. The van der Waals surface area contributed by atoms with Crippen LogP contribution in [0.2, 0.25) is 0 Å². The van der Waals surface area contributed by atoms with E-state index in [-0.39, 0.29) is 5.82 Å². The van der Waals surface area contributed by atoms with Crippen LogP contribution in [0.5, 0.6) is 0 Å². The first-order chi connectivity index (χ1) is 12.6. The van der Waals surface area contributed by atoms with Gasteiger partial charge in [0.05, 0.1) is 6.10 Å². The molecule has 0 bridgehead atoms. The number of nitrogens with zero attached hydrogens (tertiary/aromatic N) is 2. The predicted octanol–water partition coefficient (Wildman–Crippen LogP) is 4.14. The van der Waals surface area contributed by atoms with Crippen LogP contribution in [0.15, 0.2) is 60.8 Å². The smallest absolute Gasteiger partial charge is 0.123 e. The van der Waals surface area contributed by atoms with Crippen molar-refractivity contribution in [1.29, 1.82) is 0 Å². The molecule has 3 nitrogen and oxygen atoms in total. The van der Waals surface area contributed by atoms with Gasteiger partial charge < -0.3 is 9.67 Å². The summed E-state index contributed by atoms with van der Waals surface area (Å²) >= 11 is 0. The van der Waals surface area contributed by atoms with Crippen LogP contribution in [-0.2, 0) is 7.05 Å². The van der Waals surface area contributed by atoms with Gasteiger partial charge in [0, 0.05) is 49.3 Å². The zero-order chi connectivity index (χ0) is 18.1. The molecule has 26 heavy (non-hydrogen) atoms. The molecule has 0 amide bonds. The van der Waals surface area contributed by atoms with Gasteiger partial charge >= 0.3 is 0 Å². The van der Waals surface area contributed by atoms with Gasteiger partial charge in [-0.15, -0.1) is 0 Å². The summed E-state index contributed by atoms with van der Waals surface area (Å²) in [5, 5.41) is 11.9. The van der Waals surface area contributed by atoms with Crippen LogP contribution < -0.4 is 0 Å². The minimum Gasteiger partial charge on any atom is -0.387 e. The number of aliphatic hydroxyl groups excluding tert-OH is 1. The first kappa shape index (κ1) is 17.0. The third kappa shape index (κ3) is 3.30. The Morgan fingerprint density at radius 2 is 1.88 bits per heavy atom. The molecule has 1 atom stereocenters. The number of fused-ring (bicyclic) bond motifs is 1. The summed E-state index contributed by atoms with van der Waals surface area (Å²) < 4.78 is 15.1. The van der Waals surface area contributed by atoms with E-state index in [9.17, 15) is 9.50 Å². The summed E-state index contributed by atoms with van der Waals surface area (Å²) in [6, 6.07) is 14.9. The van der Waals surface area contributed by atoms with Crippen molar-refractivity contribution >= 4 is 16.5 Å². The molecule has 0 fully saturated rings. The summed E-state index contributed by atoms with van der Waals surface area (Å²) in [6.07, 6.45) is 4.61. The number of benzene rings is 2. The molecule has 0 radical (unpaired) electrons. The number of hydrogen-bond donors (Lipinski definition) is 1. The molecule has 0 spiro atoms. The van der Waals surface area contributed by atoms with E-state index in [1.54, 1.807) is 0 Å². The van der Waals surface area contributed by atoms with E-state index >= 15 is 0 Å². The number of halogens is 1. The molecule has 2 heterocycles. The minimum atomic E-state index is -0.512. The maximum atomic E-state index is 13.1. The van der Waals surface area contributed by atoms with E-state index in [1.807, 2.05) is 37.5 Å². The third-order valence-electron chi connectivity index (χ3n) is 5.23. The summed E-state index contributed by atoms with van der Waals surface area (Å²) in [4.78, 5) is 2.26. The van der Waals surface area contributed by atoms with Crippen LogP contribution in [-0.4, -0.2) is 34.2 Å². The Balaban J connectivity index is 1.46. The Labute approximate surface area is 153 Å². The van der Waals surface area contributed by atoms with E-state index in [1.165, 1.54) is 17.7 Å². The van der Waals surface area contributed by atoms with Gasteiger partial charge in [-0.25, -0.2) is 4.39 Å². The molecule has 134 valence electrons. The van der Waals surface area contributed by atoms with Crippen molar-refractivity contribution in [2.75, 3.05) is 19.6 Å². The van der Waals surface area contributed by atoms with Crippen LogP contribution in [0, 0.1) is 5.82 Å². The summed E-state index contributed by atoms with van der Waals surface area (Å²) in [7, 11) is 2.01. The zero-order valence-corrected chi connectivity index (χ0v) is 14.9. The maximum Gasteiger partial charge on any atom is 0.123 e. The standard InChI is InChI=1S/C22H23FN2O/c1-24-14-20(19-4-2-3-5-21(19)24)22(26)15-25-12-10-17(11-13-25)16-6-8-18(23)9-7-16/h2-10,14,22,26H,11-13,15H2,1H3. The Morgan fingerprint density at radius 1 is 1.12 bits per heavy atom. The van der Waals surface area contributed by atoms with Gasteiger partial charge in [-0.3, -0.25) is 4.90 Å². The number of aryl methyl sites for hydroxylation is 1. The first-order valence-corrected chi connectivity index (χ1v) is 9.01. The number of hydrogen-bond acceptors (Lipinski definition) is 2. The van der Waals surface area contributed by atoms with Crippen LogP contribution >= 0.6 is 0 Å². The number of para-hydroxylation sites is 1. The molecule has 1 aliphatic rings. The van der Waals surface area contributed by atoms with E-state index in [2.05, 4.69) is 27.7 Å². The van der Waals surface area contributed by atoms with Gasteiger partial charge in [0.15, 0.2) is 0 Å². The predicted molar refractivity (Wildman–Crippen MR) is 103 cm³/mol. The van der Waals surface area contributed by atoms with Gasteiger partial charge in [0.25, 0.3) is 0 Å². The highest BCUT2D eigenvalue weighted by Crippen LogP contribution is 2.28. The quantitative estimate of drug-likeness (QED) is 0.766. The molecule has 1 unspecified atom stereocenters. The molecule has 1 N–H and O–H groups in total. The fourth-order valence-corrected chi connectivity index (χ4v) is 3.78. The molecule has 2 aromatic carbocycles. The number of rotatable bonds is 4. The molecular formula is C22H23FN2O. The van der Waals surface area contributed by atoms with Crippen molar-refractivity contribution in [3.63, 3.8) is 0 Å². The highest BCUT2D eigenvalue weighted by atomic mass is 19.1. The number of aliphatic hydroxyl groups is 1. The van der Waals surface area contributed by atoms with Crippen molar-refractivity contribution < 1.29 is 9.50 Å². The number of aromatic nitrogens is 1. The normalized spacial score (nSPS) is 16.7. The molecule has 4 heteroatoms. The average Bonchev–Trinajstić information content (AvgIpc) is 3.00. The van der Waals surface area contributed by atoms with E-state index in [0.29, 0.717) is 6.54 Å². The Morgan fingerprint density at radius 3 is 2.62 bits per heavy atom. The zero-order valence-electron chi connectivity index (χ0n) is 14.9. The van der Waals surface area contributed by atoms with Crippen LogP contribution in [0.3, 0.4) is 0 Å². The van der Waals surface area contributed by atoms with Crippen molar-refractivity contribution in [3.05, 3.63) is 77.7 Å². The van der Waals surface area contributed by atoms with Gasteiger partial charge in [-0.1, -0.05) is 36.4 Å². The highest BCUT2D eigenvalue weighted by Gasteiger charge is 2.20. The topological polar surface area (TPSA) is 28.4 Å². The molecule has 1 aliphatic heterocycles. The second-order valence-corrected chi connectivity index (χ2v) is 6.97. The van der Waals surface area contributed by atoms with Crippen LogP contribution in [0.4, 0.5) is 4.39 Å². The SMILES string of the molecule is Cn1cc(C(O)CN2CC=C(c3ccc(F)cc3)CC2)c2ccccc21. The number of β-amino-alcohol motifs (C(OH)–C–C–N with tert-alkyl or cyclic N) is 1. The first-order valence-electron chi connectivity index (χ1n) is 9.01. The molecule has 3 aromatic rings. The Bertz CT molecular complexity index is 942. The second-order valence-electron chi connectivity index (χ2n) is 6.97. The molecule has 1 aromatic heterocycles. The van der Waals surface area contributed by atoms with E-state index < -0.39 is 6.10 Å². The van der Waals surface area contributed by atoms with Gasteiger partial charge in [-0.2, -0.15) is 0 Å². The molecule has 4 rings (SSSR count). The molecule has 0 saturated carbocycles. The summed E-state index contributed by atoms with van der Waals surface area (Å²) in [6.45, 7) is 2.31. The lowest BCUT2D eigenvalue weighted by molar-refractivity contribution is 0.120. The van der Waals surface area contributed by atoms with E-state index in [0.717, 1.165) is 41.5 Å². The van der Waals surface area contributed by atoms with Crippen molar-refractivity contribution in [3.8, 4) is 0 Å². The van der Waals surface area contributed by atoms with Crippen molar-refractivity contribution in [2.45, 2.75) is 12.5 Å².